The van der Waals surface area contributed by atoms with Crippen LogP contribution in [0.5, 0.6) is 0 Å². The standard InChI is InChI=1S/C20H17N3O4/c24-19(10-11-22-17-8-4-5-9-18(17)27-20(22)25)26-14-15-12-21-23(13-15)16-6-2-1-3-7-16/h1-9,12-13H,10-11,14H2. The Balaban J connectivity index is 1.34. The third-order valence-electron chi connectivity index (χ3n) is 4.17. The summed E-state index contributed by atoms with van der Waals surface area (Å²) < 4.78 is 13.6. The molecule has 7 nitrogen and oxygen atoms in total. The van der Waals surface area contributed by atoms with E-state index < -0.39 is 5.76 Å². The average Bonchev–Trinajstić information content (AvgIpc) is 3.29. The molecule has 2 heterocycles. The molecule has 0 radical (unpaired) electrons. The van der Waals surface area contributed by atoms with Crippen molar-refractivity contribution in [3.05, 3.63) is 83.1 Å². The molecule has 0 saturated heterocycles. The van der Waals surface area contributed by atoms with Crippen molar-refractivity contribution in [2.45, 2.75) is 19.6 Å². The van der Waals surface area contributed by atoms with Crippen molar-refractivity contribution in [1.82, 2.24) is 14.3 Å². The zero-order valence-electron chi connectivity index (χ0n) is 14.4. The lowest BCUT2D eigenvalue weighted by Gasteiger charge is -2.04. The molecule has 0 atom stereocenters. The van der Waals surface area contributed by atoms with Crippen LogP contribution >= 0.6 is 0 Å². The van der Waals surface area contributed by atoms with Crippen LogP contribution in [0.3, 0.4) is 0 Å². The summed E-state index contributed by atoms with van der Waals surface area (Å²) in [5.41, 5.74) is 2.89. The summed E-state index contributed by atoms with van der Waals surface area (Å²) in [6.45, 7) is 0.338. The number of carbonyl (C=O) groups is 1. The predicted octanol–water partition coefficient (Wildman–Crippen LogP) is 2.91. The van der Waals surface area contributed by atoms with Crippen LogP contribution in [0.15, 0.2) is 76.2 Å². The minimum Gasteiger partial charge on any atom is -0.461 e. The average molecular weight is 363 g/mol. The summed E-state index contributed by atoms with van der Waals surface area (Å²) in [4.78, 5) is 23.9. The summed E-state index contributed by atoms with van der Waals surface area (Å²) in [5.74, 6) is -0.868. The lowest BCUT2D eigenvalue weighted by molar-refractivity contribution is -0.145. The van der Waals surface area contributed by atoms with Gasteiger partial charge in [0.25, 0.3) is 0 Å². The monoisotopic (exact) mass is 363 g/mol. The molecule has 4 aromatic rings. The molecule has 0 amide bonds. The number of ether oxygens (including phenoxy) is 1. The van der Waals surface area contributed by atoms with Crippen LogP contribution in [-0.2, 0) is 22.7 Å². The van der Waals surface area contributed by atoms with Crippen molar-refractivity contribution in [2.24, 2.45) is 0 Å². The number of aromatic nitrogens is 3. The van der Waals surface area contributed by atoms with Gasteiger partial charge in [-0.1, -0.05) is 30.3 Å². The van der Waals surface area contributed by atoms with Crippen LogP contribution in [-0.4, -0.2) is 20.3 Å². The highest BCUT2D eigenvalue weighted by Crippen LogP contribution is 2.13. The molecule has 0 unspecified atom stereocenters. The second-order valence-corrected chi connectivity index (χ2v) is 6.03. The maximum atomic E-state index is 12.0. The van der Waals surface area contributed by atoms with Gasteiger partial charge in [0.15, 0.2) is 5.58 Å². The molecule has 0 saturated carbocycles. The highest BCUT2D eigenvalue weighted by molar-refractivity contribution is 5.73. The van der Waals surface area contributed by atoms with E-state index in [9.17, 15) is 9.59 Å². The topological polar surface area (TPSA) is 79.3 Å². The maximum Gasteiger partial charge on any atom is 0.419 e. The van der Waals surface area contributed by atoms with Crippen molar-refractivity contribution >= 4 is 17.1 Å². The lowest BCUT2D eigenvalue weighted by atomic mass is 10.3. The Hall–Kier alpha value is -3.61. The van der Waals surface area contributed by atoms with Crippen LogP contribution in [0.25, 0.3) is 16.8 Å². The SMILES string of the molecule is O=C(CCn1c(=O)oc2ccccc21)OCc1cnn(-c2ccccc2)c1. The fourth-order valence-electron chi connectivity index (χ4n) is 2.82. The van der Waals surface area contributed by atoms with Gasteiger partial charge in [-0.05, 0) is 24.3 Å². The molecule has 0 aliphatic heterocycles. The second kappa shape index (κ2) is 7.33. The molecule has 0 bridgehead atoms. The highest BCUT2D eigenvalue weighted by atomic mass is 16.5. The molecule has 0 aliphatic rings. The lowest BCUT2D eigenvalue weighted by Crippen LogP contribution is -2.17. The molecule has 4 rings (SSSR count). The number of hydrogen-bond donors (Lipinski definition) is 0. The van der Waals surface area contributed by atoms with Gasteiger partial charge < -0.3 is 9.15 Å². The van der Waals surface area contributed by atoms with Crippen LogP contribution < -0.4 is 5.76 Å². The Labute approximate surface area is 154 Å². The fourth-order valence-corrected chi connectivity index (χ4v) is 2.82. The van der Waals surface area contributed by atoms with Gasteiger partial charge >= 0.3 is 11.7 Å². The Morgan fingerprint density at radius 2 is 1.85 bits per heavy atom. The van der Waals surface area contributed by atoms with E-state index in [1.807, 2.05) is 42.6 Å². The van der Waals surface area contributed by atoms with Gasteiger partial charge in [-0.15, -0.1) is 0 Å². The van der Waals surface area contributed by atoms with E-state index in [1.165, 1.54) is 4.57 Å². The summed E-state index contributed by atoms with van der Waals surface area (Å²) >= 11 is 0. The summed E-state index contributed by atoms with van der Waals surface area (Å²) in [6.07, 6.45) is 3.56. The smallest absolute Gasteiger partial charge is 0.419 e. The normalized spacial score (nSPS) is 11.0. The number of esters is 1. The molecular formula is C20H17N3O4. The fraction of sp³-hybridized carbons (Fsp3) is 0.150. The zero-order valence-corrected chi connectivity index (χ0v) is 14.4. The van der Waals surface area contributed by atoms with Gasteiger partial charge in [0.1, 0.15) is 6.61 Å². The Bertz CT molecular complexity index is 1120. The number of para-hydroxylation sites is 3. The Morgan fingerprint density at radius 1 is 1.07 bits per heavy atom. The highest BCUT2D eigenvalue weighted by Gasteiger charge is 2.11. The maximum absolute atomic E-state index is 12.0. The number of nitrogens with zero attached hydrogens (tertiary/aromatic N) is 3. The van der Waals surface area contributed by atoms with E-state index in [0.717, 1.165) is 11.3 Å². The molecular weight excluding hydrogens is 346 g/mol. The molecule has 7 heteroatoms. The number of aryl methyl sites for hydroxylation is 1. The van der Waals surface area contributed by atoms with E-state index in [2.05, 4.69) is 5.10 Å². The van der Waals surface area contributed by atoms with Crippen molar-refractivity contribution < 1.29 is 13.9 Å². The van der Waals surface area contributed by atoms with Gasteiger partial charge in [0, 0.05) is 18.3 Å². The Kier molecular flexibility index (Phi) is 4.57. The largest absolute Gasteiger partial charge is 0.461 e. The van der Waals surface area contributed by atoms with Crippen molar-refractivity contribution in [3.8, 4) is 5.69 Å². The van der Waals surface area contributed by atoms with Crippen LogP contribution in [0.4, 0.5) is 0 Å². The van der Waals surface area contributed by atoms with Crippen molar-refractivity contribution in [3.63, 3.8) is 0 Å². The first-order valence-electron chi connectivity index (χ1n) is 8.54. The first-order chi connectivity index (χ1) is 13.2. The van der Waals surface area contributed by atoms with Crippen LogP contribution in [0, 0.1) is 0 Å². The van der Waals surface area contributed by atoms with Crippen LogP contribution in [0.1, 0.15) is 12.0 Å². The number of benzene rings is 2. The molecule has 27 heavy (non-hydrogen) atoms. The van der Waals surface area contributed by atoms with Crippen LogP contribution in [0.2, 0.25) is 0 Å². The minimum atomic E-state index is -0.479. The van der Waals surface area contributed by atoms with Gasteiger partial charge in [-0.3, -0.25) is 9.36 Å². The quantitative estimate of drug-likeness (QED) is 0.492. The molecule has 0 aliphatic carbocycles. The van der Waals surface area contributed by atoms with Gasteiger partial charge in [0.05, 0.1) is 23.8 Å². The molecule has 136 valence electrons. The van der Waals surface area contributed by atoms with E-state index in [4.69, 9.17) is 9.15 Å². The van der Waals surface area contributed by atoms with Crippen molar-refractivity contribution in [2.75, 3.05) is 0 Å². The third kappa shape index (κ3) is 3.67. The number of oxazole rings is 1. The molecule has 0 fully saturated rings. The molecule has 2 aromatic carbocycles. The second-order valence-electron chi connectivity index (χ2n) is 6.03. The number of rotatable bonds is 6. The number of hydrogen-bond acceptors (Lipinski definition) is 5. The zero-order chi connectivity index (χ0) is 18.6. The summed E-state index contributed by atoms with van der Waals surface area (Å²) in [6, 6.07) is 16.8. The first kappa shape index (κ1) is 16.8. The minimum absolute atomic E-state index is 0.0796. The van der Waals surface area contributed by atoms with Gasteiger partial charge in [0.2, 0.25) is 0 Å². The summed E-state index contributed by atoms with van der Waals surface area (Å²) in [7, 11) is 0. The van der Waals surface area contributed by atoms with E-state index in [-0.39, 0.29) is 25.5 Å². The van der Waals surface area contributed by atoms with Gasteiger partial charge in [-0.25, -0.2) is 9.48 Å². The predicted molar refractivity (Wildman–Crippen MR) is 98.5 cm³/mol. The molecule has 0 spiro atoms. The van der Waals surface area contributed by atoms with Gasteiger partial charge in [-0.2, -0.15) is 5.10 Å². The number of carbonyl (C=O) groups excluding carboxylic acids is 1. The molecule has 2 aromatic heterocycles. The van der Waals surface area contributed by atoms with E-state index >= 15 is 0 Å². The molecule has 0 N–H and O–H groups in total. The Morgan fingerprint density at radius 3 is 2.70 bits per heavy atom. The number of fused-ring (bicyclic) bond motifs is 1. The first-order valence-corrected chi connectivity index (χ1v) is 8.54. The van der Waals surface area contributed by atoms with Crippen molar-refractivity contribution in [1.29, 1.82) is 0 Å². The van der Waals surface area contributed by atoms with E-state index in [0.29, 0.717) is 11.1 Å². The van der Waals surface area contributed by atoms with E-state index in [1.54, 1.807) is 29.1 Å². The summed E-state index contributed by atoms with van der Waals surface area (Å²) in [5, 5.41) is 4.26. The third-order valence-corrected chi connectivity index (χ3v) is 4.17.